The third-order valence-corrected chi connectivity index (χ3v) is 5.43. The molecule has 0 unspecified atom stereocenters. The van der Waals surface area contributed by atoms with Crippen LogP contribution in [0.25, 0.3) is 6.08 Å². The zero-order valence-corrected chi connectivity index (χ0v) is 17.6. The van der Waals surface area contributed by atoms with Crippen LogP contribution in [0, 0.1) is 5.82 Å². The predicted octanol–water partition coefficient (Wildman–Crippen LogP) is 3.44. The summed E-state index contributed by atoms with van der Waals surface area (Å²) in [4.78, 5) is 32.6. The van der Waals surface area contributed by atoms with Crippen LogP contribution in [-0.2, 0) is 9.53 Å². The number of aliphatic imine (C=N–C) groups is 1. The van der Waals surface area contributed by atoms with Gasteiger partial charge in [0.2, 0.25) is 0 Å². The summed E-state index contributed by atoms with van der Waals surface area (Å²) in [5, 5.41) is 10.4. The highest BCUT2D eigenvalue weighted by Crippen LogP contribution is 2.33. The second kappa shape index (κ2) is 8.06. The molecule has 1 aromatic rings. The largest absolute Gasteiger partial charge is 0.507 e. The average Bonchev–Trinajstić information content (AvgIpc) is 2.97. The van der Waals surface area contributed by atoms with Gasteiger partial charge in [0.15, 0.2) is 5.17 Å². The molecule has 2 heterocycles. The number of aromatic hydroxyl groups is 1. The van der Waals surface area contributed by atoms with E-state index >= 15 is 0 Å². The minimum atomic E-state index is -0.558. The maximum Gasteiger partial charge on any atom is 0.410 e. The van der Waals surface area contributed by atoms with Crippen LogP contribution < -0.4 is 0 Å². The topological polar surface area (TPSA) is 82.4 Å². The van der Waals surface area contributed by atoms with E-state index in [1.807, 2.05) is 32.6 Å². The molecule has 29 heavy (non-hydrogen) atoms. The number of ether oxygens (including phenoxy) is 1. The molecule has 9 heteroatoms. The number of amides is 2. The number of hydrogen-bond donors (Lipinski definition) is 1. The van der Waals surface area contributed by atoms with E-state index in [9.17, 15) is 19.1 Å². The normalized spacial score (nSPS) is 21.6. The van der Waals surface area contributed by atoms with Crippen molar-refractivity contribution in [2.24, 2.45) is 4.99 Å². The average molecular weight is 421 g/mol. The van der Waals surface area contributed by atoms with Gasteiger partial charge in [0.1, 0.15) is 17.2 Å². The molecule has 1 atom stereocenters. The monoisotopic (exact) mass is 421 g/mol. The lowest BCUT2D eigenvalue weighted by molar-refractivity contribution is -0.113. The Morgan fingerprint density at radius 3 is 2.76 bits per heavy atom. The van der Waals surface area contributed by atoms with Gasteiger partial charge in [0, 0.05) is 31.2 Å². The first-order valence-corrected chi connectivity index (χ1v) is 10.1. The van der Waals surface area contributed by atoms with Crippen LogP contribution in [0.15, 0.2) is 28.1 Å². The molecule has 1 saturated heterocycles. The molecule has 3 rings (SSSR count). The number of piperazine rings is 1. The van der Waals surface area contributed by atoms with Gasteiger partial charge in [-0.25, -0.2) is 9.18 Å². The van der Waals surface area contributed by atoms with E-state index in [0.29, 0.717) is 29.7 Å². The van der Waals surface area contributed by atoms with Gasteiger partial charge in [0.05, 0.1) is 4.91 Å². The summed E-state index contributed by atoms with van der Waals surface area (Å²) in [5.74, 6) is -1.05. The molecule has 2 amide bonds. The van der Waals surface area contributed by atoms with Crippen molar-refractivity contribution in [2.45, 2.75) is 39.3 Å². The number of amidine groups is 1. The molecule has 0 aliphatic carbocycles. The third kappa shape index (κ3) is 5.09. The van der Waals surface area contributed by atoms with E-state index in [2.05, 4.69) is 4.99 Å². The number of hydrogen-bond acceptors (Lipinski definition) is 6. The molecule has 0 radical (unpaired) electrons. The lowest BCUT2D eigenvalue weighted by Crippen LogP contribution is -2.55. The quantitative estimate of drug-likeness (QED) is 0.700. The fourth-order valence-corrected chi connectivity index (χ4v) is 4.07. The molecule has 1 N–H and O–H groups in total. The van der Waals surface area contributed by atoms with Gasteiger partial charge in [-0.05, 0) is 63.7 Å². The first-order chi connectivity index (χ1) is 13.5. The van der Waals surface area contributed by atoms with Crippen molar-refractivity contribution >= 4 is 35.0 Å². The molecule has 1 aromatic carbocycles. The summed E-state index contributed by atoms with van der Waals surface area (Å²) < 4.78 is 18.9. The van der Waals surface area contributed by atoms with Crippen LogP contribution >= 0.6 is 11.8 Å². The fraction of sp³-hybridized carbons (Fsp3) is 0.450. The van der Waals surface area contributed by atoms with Crippen molar-refractivity contribution in [3.05, 3.63) is 34.5 Å². The number of carbonyl (C=O) groups is 2. The number of halogens is 1. The van der Waals surface area contributed by atoms with Crippen LogP contribution in [0.4, 0.5) is 9.18 Å². The molecule has 0 bridgehead atoms. The number of carbonyl (C=O) groups excluding carboxylic acids is 2. The van der Waals surface area contributed by atoms with Crippen LogP contribution in [0.5, 0.6) is 5.75 Å². The number of thioether (sulfide) groups is 1. The molecular weight excluding hydrogens is 397 g/mol. The molecule has 2 aliphatic rings. The van der Waals surface area contributed by atoms with Crippen LogP contribution in [0.1, 0.15) is 33.3 Å². The maximum atomic E-state index is 13.4. The Balaban J connectivity index is 1.68. The Kier molecular flexibility index (Phi) is 5.88. The van der Waals surface area contributed by atoms with Gasteiger partial charge in [-0.1, -0.05) is 0 Å². The first kappa shape index (κ1) is 21.2. The van der Waals surface area contributed by atoms with Gasteiger partial charge in [-0.3, -0.25) is 4.79 Å². The SMILES string of the molecule is C[C@H]1CN(C(=O)OC(C)(C)C)CCN1C1=NC(=O)/C(=C/c2cc(F)ccc2O)S1. The third-order valence-electron chi connectivity index (χ3n) is 4.41. The molecular formula is C20H24FN3O4S. The molecule has 2 aliphatic heterocycles. The Labute approximate surface area is 173 Å². The van der Waals surface area contributed by atoms with Crippen molar-refractivity contribution in [2.75, 3.05) is 19.6 Å². The number of phenols is 1. The lowest BCUT2D eigenvalue weighted by Gasteiger charge is -2.40. The Morgan fingerprint density at radius 1 is 1.38 bits per heavy atom. The highest BCUT2D eigenvalue weighted by molar-refractivity contribution is 8.18. The van der Waals surface area contributed by atoms with E-state index < -0.39 is 17.3 Å². The Morgan fingerprint density at radius 2 is 2.10 bits per heavy atom. The predicted molar refractivity (Wildman–Crippen MR) is 110 cm³/mol. The number of nitrogens with zero attached hydrogens (tertiary/aromatic N) is 3. The van der Waals surface area contributed by atoms with Crippen LogP contribution in [-0.4, -0.2) is 63.4 Å². The Hall–Kier alpha value is -2.55. The highest BCUT2D eigenvalue weighted by atomic mass is 32.2. The lowest BCUT2D eigenvalue weighted by atomic mass is 10.2. The number of benzene rings is 1. The van der Waals surface area contributed by atoms with E-state index in [-0.39, 0.29) is 23.4 Å². The number of phenolic OH excluding ortho intramolecular Hbond substituents is 1. The number of rotatable bonds is 1. The summed E-state index contributed by atoms with van der Waals surface area (Å²) in [5.41, 5.74) is -0.336. The second-order valence-electron chi connectivity index (χ2n) is 7.98. The minimum absolute atomic E-state index is 0.0581. The molecule has 7 nitrogen and oxygen atoms in total. The Bertz CT molecular complexity index is 894. The maximum absolute atomic E-state index is 13.4. The zero-order chi connectivity index (χ0) is 21.3. The second-order valence-corrected chi connectivity index (χ2v) is 8.99. The zero-order valence-electron chi connectivity index (χ0n) is 16.8. The van der Waals surface area contributed by atoms with E-state index in [4.69, 9.17) is 4.74 Å². The van der Waals surface area contributed by atoms with Crippen molar-refractivity contribution in [3.8, 4) is 5.75 Å². The molecule has 0 aromatic heterocycles. The molecule has 1 fully saturated rings. The van der Waals surface area contributed by atoms with Crippen molar-refractivity contribution in [3.63, 3.8) is 0 Å². The fourth-order valence-electron chi connectivity index (χ4n) is 3.04. The summed E-state index contributed by atoms with van der Waals surface area (Å²) in [7, 11) is 0. The van der Waals surface area contributed by atoms with Crippen LogP contribution in [0.2, 0.25) is 0 Å². The van der Waals surface area contributed by atoms with Crippen molar-refractivity contribution < 1.29 is 23.8 Å². The highest BCUT2D eigenvalue weighted by Gasteiger charge is 2.34. The van der Waals surface area contributed by atoms with Crippen molar-refractivity contribution in [1.29, 1.82) is 0 Å². The molecule has 0 saturated carbocycles. The van der Waals surface area contributed by atoms with Crippen LogP contribution in [0.3, 0.4) is 0 Å². The van der Waals surface area contributed by atoms with Crippen molar-refractivity contribution in [1.82, 2.24) is 9.80 Å². The van der Waals surface area contributed by atoms with E-state index in [1.165, 1.54) is 23.9 Å². The molecule has 156 valence electrons. The van der Waals surface area contributed by atoms with E-state index in [1.54, 1.807) is 4.90 Å². The van der Waals surface area contributed by atoms with Gasteiger partial charge in [0.25, 0.3) is 5.91 Å². The van der Waals surface area contributed by atoms with Gasteiger partial charge < -0.3 is 19.6 Å². The van der Waals surface area contributed by atoms with E-state index in [0.717, 1.165) is 12.1 Å². The minimum Gasteiger partial charge on any atom is -0.507 e. The van der Waals surface area contributed by atoms with Gasteiger partial charge >= 0.3 is 6.09 Å². The van der Waals surface area contributed by atoms with Gasteiger partial charge in [-0.15, -0.1) is 0 Å². The smallest absolute Gasteiger partial charge is 0.410 e. The standard InChI is InChI=1S/C20H24FN3O4S/c1-12-11-23(19(27)28-20(2,3)4)7-8-24(12)18-22-17(26)16(29-18)10-13-9-14(21)5-6-15(13)25/h5-6,9-10,12,25H,7-8,11H2,1-4H3/b16-10-/t12-/m0/s1. The first-order valence-electron chi connectivity index (χ1n) is 9.29. The summed E-state index contributed by atoms with van der Waals surface area (Å²) in [6.45, 7) is 8.84. The summed E-state index contributed by atoms with van der Waals surface area (Å²) in [6, 6.07) is 3.49. The van der Waals surface area contributed by atoms with Gasteiger partial charge in [-0.2, -0.15) is 4.99 Å². The molecule has 0 spiro atoms. The summed E-state index contributed by atoms with van der Waals surface area (Å²) in [6.07, 6.45) is 1.08. The summed E-state index contributed by atoms with van der Waals surface area (Å²) >= 11 is 1.18.